The first kappa shape index (κ1) is 14.9. The Morgan fingerprint density at radius 2 is 1.95 bits per heavy atom. The Kier molecular flexibility index (Phi) is 4.03. The average molecular weight is 317 g/mol. The average Bonchev–Trinajstić information content (AvgIpc) is 3.33. The first-order valence-electron chi connectivity index (χ1n) is 7.34. The van der Waals surface area contributed by atoms with Crippen molar-refractivity contribution in [2.45, 2.75) is 31.8 Å². The normalized spacial score (nSPS) is 15.4. The molecule has 2 aromatic rings. The molecule has 0 unspecified atom stereocenters. The Morgan fingerprint density at radius 1 is 1.27 bits per heavy atom. The SMILES string of the molecule is C[C@@H](c1ccc(Cl)cc1)N(C(=O)c1cccc[n+]1[O-])C1CC1. The molecule has 1 amide bonds. The maximum absolute atomic E-state index is 12.8. The lowest BCUT2D eigenvalue weighted by atomic mass is 10.1. The molecule has 3 rings (SSSR count). The van der Waals surface area contributed by atoms with Gasteiger partial charge in [-0.05, 0) is 43.5 Å². The second-order valence-electron chi connectivity index (χ2n) is 5.58. The molecule has 0 spiro atoms. The van der Waals surface area contributed by atoms with Gasteiger partial charge in [-0.1, -0.05) is 23.7 Å². The van der Waals surface area contributed by atoms with Crippen molar-refractivity contribution in [1.29, 1.82) is 0 Å². The van der Waals surface area contributed by atoms with Crippen molar-refractivity contribution in [3.63, 3.8) is 0 Å². The summed E-state index contributed by atoms with van der Waals surface area (Å²) in [7, 11) is 0. The van der Waals surface area contributed by atoms with Crippen molar-refractivity contribution >= 4 is 17.5 Å². The topological polar surface area (TPSA) is 47.2 Å². The van der Waals surface area contributed by atoms with Gasteiger partial charge in [-0.25, -0.2) is 0 Å². The lowest BCUT2D eigenvalue weighted by Crippen LogP contribution is -2.43. The van der Waals surface area contributed by atoms with Crippen LogP contribution in [0.2, 0.25) is 5.02 Å². The van der Waals surface area contributed by atoms with E-state index in [4.69, 9.17) is 11.6 Å². The summed E-state index contributed by atoms with van der Waals surface area (Å²) in [5, 5.41) is 12.5. The highest BCUT2D eigenvalue weighted by Gasteiger charge is 2.39. The second kappa shape index (κ2) is 5.97. The molecule has 1 heterocycles. The van der Waals surface area contributed by atoms with Crippen LogP contribution >= 0.6 is 11.6 Å². The molecule has 0 aliphatic heterocycles. The molecule has 5 heteroatoms. The number of nitrogens with zero attached hydrogens (tertiary/aromatic N) is 2. The summed E-state index contributed by atoms with van der Waals surface area (Å²) < 4.78 is 0.631. The number of amides is 1. The van der Waals surface area contributed by atoms with Crippen LogP contribution in [-0.2, 0) is 0 Å². The van der Waals surface area contributed by atoms with Crippen LogP contribution in [0.1, 0.15) is 41.9 Å². The molecule has 1 aromatic carbocycles. The van der Waals surface area contributed by atoms with E-state index in [1.807, 2.05) is 36.1 Å². The molecule has 1 fully saturated rings. The summed E-state index contributed by atoms with van der Waals surface area (Å²) in [5.41, 5.74) is 1.17. The fourth-order valence-electron chi connectivity index (χ4n) is 2.64. The summed E-state index contributed by atoms with van der Waals surface area (Å²) in [6.07, 6.45) is 3.32. The minimum Gasteiger partial charge on any atom is -0.618 e. The molecule has 0 bridgehead atoms. The fourth-order valence-corrected chi connectivity index (χ4v) is 2.76. The number of benzene rings is 1. The van der Waals surface area contributed by atoms with Gasteiger partial charge in [-0.15, -0.1) is 0 Å². The van der Waals surface area contributed by atoms with Gasteiger partial charge >= 0.3 is 5.91 Å². The number of carbonyl (C=O) groups is 1. The van der Waals surface area contributed by atoms with Gasteiger partial charge in [0.25, 0.3) is 5.69 Å². The summed E-state index contributed by atoms with van der Waals surface area (Å²) in [6.45, 7) is 1.98. The highest BCUT2D eigenvalue weighted by atomic mass is 35.5. The van der Waals surface area contributed by atoms with Crippen molar-refractivity contribution in [3.05, 3.63) is 70.1 Å². The van der Waals surface area contributed by atoms with Crippen molar-refractivity contribution in [1.82, 2.24) is 4.90 Å². The molecular formula is C17H17ClN2O2. The second-order valence-corrected chi connectivity index (χ2v) is 6.02. The zero-order valence-electron chi connectivity index (χ0n) is 12.3. The van der Waals surface area contributed by atoms with Crippen LogP contribution in [-0.4, -0.2) is 16.8 Å². The van der Waals surface area contributed by atoms with E-state index in [1.54, 1.807) is 18.2 Å². The number of rotatable bonds is 4. The van der Waals surface area contributed by atoms with Crippen molar-refractivity contribution in [2.75, 3.05) is 0 Å². The molecule has 4 nitrogen and oxygen atoms in total. The van der Waals surface area contributed by atoms with Gasteiger partial charge in [0, 0.05) is 23.2 Å². The van der Waals surface area contributed by atoms with Crippen molar-refractivity contribution < 1.29 is 9.52 Å². The standard InChI is InChI=1S/C17H17ClN2O2/c1-12(13-5-7-14(18)8-6-13)20(15-9-10-15)17(21)16-4-2-3-11-19(16)22/h2-8,11-12,15H,9-10H2,1H3/t12-/m0/s1. The smallest absolute Gasteiger partial charge is 0.320 e. The Hall–Kier alpha value is -2.07. The molecule has 1 aromatic heterocycles. The van der Waals surface area contributed by atoms with Crippen LogP contribution in [0, 0.1) is 5.21 Å². The Morgan fingerprint density at radius 3 is 2.55 bits per heavy atom. The minimum absolute atomic E-state index is 0.0996. The fraction of sp³-hybridized carbons (Fsp3) is 0.294. The molecule has 0 radical (unpaired) electrons. The Labute approximate surface area is 134 Å². The summed E-state index contributed by atoms with van der Waals surface area (Å²) in [6, 6.07) is 12.5. The molecule has 0 N–H and O–H groups in total. The van der Waals surface area contributed by atoms with E-state index in [9.17, 15) is 10.0 Å². The van der Waals surface area contributed by atoms with E-state index >= 15 is 0 Å². The zero-order chi connectivity index (χ0) is 15.7. The number of hydrogen-bond acceptors (Lipinski definition) is 2. The Bertz CT molecular complexity index is 683. The van der Waals surface area contributed by atoms with Gasteiger partial charge in [0.05, 0.1) is 6.04 Å². The molecule has 1 saturated carbocycles. The molecular weight excluding hydrogens is 300 g/mol. The van der Waals surface area contributed by atoms with Gasteiger partial charge in [-0.3, -0.25) is 4.79 Å². The molecule has 1 aliphatic carbocycles. The maximum atomic E-state index is 12.8. The van der Waals surface area contributed by atoms with Gasteiger partial charge in [0.1, 0.15) is 0 Å². The van der Waals surface area contributed by atoms with E-state index in [-0.39, 0.29) is 23.7 Å². The van der Waals surface area contributed by atoms with Gasteiger partial charge in [-0.2, -0.15) is 4.73 Å². The highest BCUT2D eigenvalue weighted by Crippen LogP contribution is 2.35. The van der Waals surface area contributed by atoms with E-state index in [2.05, 4.69) is 0 Å². The largest absolute Gasteiger partial charge is 0.618 e. The predicted molar refractivity (Wildman–Crippen MR) is 84.5 cm³/mol. The van der Waals surface area contributed by atoms with Gasteiger partial charge in [0.2, 0.25) is 0 Å². The van der Waals surface area contributed by atoms with Crippen LogP contribution in [0.25, 0.3) is 0 Å². The summed E-state index contributed by atoms with van der Waals surface area (Å²) in [5.74, 6) is -0.222. The van der Waals surface area contributed by atoms with E-state index in [0.29, 0.717) is 9.75 Å². The summed E-state index contributed by atoms with van der Waals surface area (Å²) in [4.78, 5) is 14.6. The van der Waals surface area contributed by atoms with Crippen LogP contribution in [0.15, 0.2) is 48.7 Å². The summed E-state index contributed by atoms with van der Waals surface area (Å²) >= 11 is 5.92. The number of hydrogen-bond donors (Lipinski definition) is 0. The Balaban J connectivity index is 1.91. The molecule has 114 valence electrons. The van der Waals surface area contributed by atoms with Gasteiger partial charge in [0.15, 0.2) is 6.20 Å². The molecule has 22 heavy (non-hydrogen) atoms. The zero-order valence-corrected chi connectivity index (χ0v) is 13.0. The van der Waals surface area contributed by atoms with E-state index in [1.165, 1.54) is 6.20 Å². The number of aromatic nitrogens is 1. The quantitative estimate of drug-likeness (QED) is 0.641. The van der Waals surface area contributed by atoms with Crippen molar-refractivity contribution in [3.8, 4) is 0 Å². The van der Waals surface area contributed by atoms with Crippen LogP contribution in [0.3, 0.4) is 0 Å². The highest BCUT2D eigenvalue weighted by molar-refractivity contribution is 6.30. The third-order valence-electron chi connectivity index (χ3n) is 3.99. The lowest BCUT2D eigenvalue weighted by Gasteiger charge is -2.29. The first-order chi connectivity index (χ1) is 10.6. The maximum Gasteiger partial charge on any atom is 0.320 e. The van der Waals surface area contributed by atoms with Crippen LogP contribution in [0.5, 0.6) is 0 Å². The van der Waals surface area contributed by atoms with E-state index in [0.717, 1.165) is 18.4 Å². The third kappa shape index (κ3) is 2.92. The third-order valence-corrected chi connectivity index (χ3v) is 4.24. The van der Waals surface area contributed by atoms with Crippen LogP contribution < -0.4 is 4.73 Å². The van der Waals surface area contributed by atoms with Crippen molar-refractivity contribution in [2.24, 2.45) is 0 Å². The number of halogens is 1. The molecule has 0 saturated heterocycles. The predicted octanol–water partition coefficient (Wildman–Crippen LogP) is 3.34. The lowest BCUT2D eigenvalue weighted by molar-refractivity contribution is -0.608. The van der Waals surface area contributed by atoms with E-state index < -0.39 is 0 Å². The first-order valence-corrected chi connectivity index (χ1v) is 7.72. The number of pyridine rings is 1. The van der Waals surface area contributed by atoms with Crippen LogP contribution in [0.4, 0.5) is 0 Å². The number of carbonyl (C=O) groups excluding carboxylic acids is 1. The molecule has 1 aliphatic rings. The monoisotopic (exact) mass is 316 g/mol. The molecule has 1 atom stereocenters. The van der Waals surface area contributed by atoms with Gasteiger partial charge < -0.3 is 10.1 Å². The minimum atomic E-state index is -0.222.